The van der Waals surface area contributed by atoms with Crippen LogP contribution < -0.4 is 0 Å². The summed E-state index contributed by atoms with van der Waals surface area (Å²) in [5.41, 5.74) is 4.96. The zero-order valence-corrected chi connectivity index (χ0v) is 28.3. The van der Waals surface area contributed by atoms with Gasteiger partial charge in [-0.05, 0) is 75.9 Å². The Labute approximate surface area is 260 Å². The highest BCUT2D eigenvalue weighted by Gasteiger charge is 2.41. The second-order valence-electron chi connectivity index (χ2n) is 13.4. The molecule has 2 unspecified atom stereocenters. The van der Waals surface area contributed by atoms with E-state index in [1.807, 2.05) is 19.9 Å². The minimum absolute atomic E-state index is 0.154. The van der Waals surface area contributed by atoms with Gasteiger partial charge in [-0.15, -0.1) is 0 Å². The largest absolute Gasteiger partial charge is 0.508 e. The first-order valence-electron chi connectivity index (χ1n) is 15.8. The molecule has 2 fully saturated rings. The summed E-state index contributed by atoms with van der Waals surface area (Å²) >= 11 is 0. The van der Waals surface area contributed by atoms with Gasteiger partial charge >= 0.3 is 5.97 Å². The van der Waals surface area contributed by atoms with Crippen molar-refractivity contribution in [3.8, 4) is 5.75 Å². The number of oxime groups is 1. The highest BCUT2D eigenvalue weighted by atomic mass is 31.1. The number of piperidine rings is 1. The van der Waals surface area contributed by atoms with Gasteiger partial charge in [-0.1, -0.05) is 95.9 Å². The number of benzene rings is 2. The number of phenolic OH excluding ortho intramolecular Hbond substituents is 1. The Hall–Kier alpha value is -2.47. The fourth-order valence-electron chi connectivity index (χ4n) is 5.73. The molecule has 2 aliphatic heterocycles. The maximum absolute atomic E-state index is 11.8. The molecule has 2 aromatic carbocycles. The van der Waals surface area contributed by atoms with Crippen LogP contribution in [0.1, 0.15) is 114 Å². The Morgan fingerprint density at radius 2 is 1.67 bits per heavy atom. The van der Waals surface area contributed by atoms with Gasteiger partial charge in [0, 0.05) is 24.8 Å². The fourth-order valence-corrected chi connectivity index (χ4v) is 6.87. The van der Waals surface area contributed by atoms with Crippen LogP contribution in [-0.2, 0) is 20.9 Å². The van der Waals surface area contributed by atoms with Gasteiger partial charge in [0.1, 0.15) is 11.2 Å². The number of hydrogen-bond donors (Lipinski definition) is 2. The summed E-state index contributed by atoms with van der Waals surface area (Å²) < 4.78 is 5.20. The average Bonchev–Trinajstić information content (AvgIpc) is 3.68. The third-order valence-electron chi connectivity index (χ3n) is 7.99. The average molecular weight is 613 g/mol. The standard InChI is InChI=1S/C28H35N2O5P.C5H12.C2H6/c1-34-18-28(27(32)33)12-14-30(15-13-28)17-19-6-8-21(9-7-19)25-29-35-26(36-25)22-10-11-23(24(31)16-22)20-4-2-3-5-20;1-5(2,3)4;1-2/h6-11,16,20,26,31,36H,2-5,12-15,17-18H2,1H3,(H,32,33);1-4H3;1-2H3. The molecule has 5 rings (SSSR count). The Bertz CT molecular complexity index is 1190. The van der Waals surface area contributed by atoms with E-state index in [2.05, 4.69) is 74.1 Å². The van der Waals surface area contributed by atoms with E-state index < -0.39 is 11.4 Å². The Kier molecular flexibility index (Phi) is 13.0. The molecule has 1 aliphatic carbocycles. The number of nitrogens with zero attached hydrogens (tertiary/aromatic N) is 2. The second kappa shape index (κ2) is 16.0. The molecular formula is C35H53N2O5P. The lowest BCUT2D eigenvalue weighted by Crippen LogP contribution is -2.46. The molecule has 43 heavy (non-hydrogen) atoms. The van der Waals surface area contributed by atoms with Gasteiger partial charge in [-0.2, -0.15) is 0 Å². The molecule has 0 amide bonds. The van der Waals surface area contributed by atoms with Crippen molar-refractivity contribution >= 4 is 20.0 Å². The molecule has 2 atom stereocenters. The van der Waals surface area contributed by atoms with E-state index in [0.29, 0.717) is 38.5 Å². The van der Waals surface area contributed by atoms with Crippen molar-refractivity contribution < 1.29 is 24.6 Å². The number of rotatable bonds is 8. The van der Waals surface area contributed by atoms with Crippen molar-refractivity contribution in [3.05, 3.63) is 64.7 Å². The van der Waals surface area contributed by atoms with E-state index in [1.165, 1.54) is 18.4 Å². The third kappa shape index (κ3) is 10.0. The summed E-state index contributed by atoms with van der Waals surface area (Å²) in [5, 5.41) is 24.6. The molecule has 1 saturated carbocycles. The second-order valence-corrected chi connectivity index (χ2v) is 14.6. The van der Waals surface area contributed by atoms with Crippen LogP contribution in [-0.4, -0.2) is 53.3 Å². The highest BCUT2D eigenvalue weighted by molar-refractivity contribution is 7.59. The van der Waals surface area contributed by atoms with Crippen LogP contribution in [0.5, 0.6) is 5.75 Å². The summed E-state index contributed by atoms with van der Waals surface area (Å²) in [6.07, 6.45) is 6.00. The van der Waals surface area contributed by atoms with Crippen LogP contribution in [0.25, 0.3) is 0 Å². The summed E-state index contributed by atoms with van der Waals surface area (Å²) in [5.74, 6) is -0.0531. The molecule has 0 spiro atoms. The molecule has 0 radical (unpaired) electrons. The summed E-state index contributed by atoms with van der Waals surface area (Å²) in [4.78, 5) is 19.8. The number of phenols is 1. The van der Waals surface area contributed by atoms with Crippen LogP contribution in [0.15, 0.2) is 47.6 Å². The number of aliphatic carboxylic acids is 1. The molecule has 7 nitrogen and oxygen atoms in total. The van der Waals surface area contributed by atoms with Gasteiger partial charge in [-0.25, -0.2) is 0 Å². The van der Waals surface area contributed by atoms with Crippen LogP contribution in [0, 0.1) is 10.8 Å². The van der Waals surface area contributed by atoms with E-state index in [1.54, 1.807) is 7.11 Å². The van der Waals surface area contributed by atoms with E-state index in [-0.39, 0.29) is 12.5 Å². The highest BCUT2D eigenvalue weighted by Crippen LogP contribution is 2.46. The molecule has 0 bridgehead atoms. The minimum Gasteiger partial charge on any atom is -0.508 e. The molecule has 2 aromatic rings. The predicted octanol–water partition coefficient (Wildman–Crippen LogP) is 8.51. The number of carboxylic acid groups (broad SMARTS) is 1. The number of carbonyl (C=O) groups is 1. The zero-order chi connectivity index (χ0) is 31.6. The number of hydrogen-bond acceptors (Lipinski definition) is 6. The van der Waals surface area contributed by atoms with E-state index in [9.17, 15) is 15.0 Å². The number of likely N-dealkylation sites (tertiary alicyclic amines) is 1. The molecule has 2 N–H and O–H groups in total. The summed E-state index contributed by atoms with van der Waals surface area (Å²) in [7, 11) is 1.95. The van der Waals surface area contributed by atoms with Crippen molar-refractivity contribution in [3.63, 3.8) is 0 Å². The van der Waals surface area contributed by atoms with Crippen LogP contribution in [0.3, 0.4) is 0 Å². The number of ether oxygens (including phenoxy) is 1. The van der Waals surface area contributed by atoms with Crippen LogP contribution in [0.4, 0.5) is 0 Å². The zero-order valence-electron chi connectivity index (χ0n) is 27.3. The van der Waals surface area contributed by atoms with Crippen molar-refractivity contribution in [1.82, 2.24) is 4.90 Å². The molecule has 238 valence electrons. The van der Waals surface area contributed by atoms with Crippen molar-refractivity contribution in [2.45, 2.75) is 98.4 Å². The SMILES string of the molecule is CC.CC(C)(C)C.COCC1(C(=O)O)CCN(Cc2ccc(C3=NOC(c4ccc(C5CCCC5)c(O)c4)P3)cc2)CC1. The quantitative estimate of drug-likeness (QED) is 0.291. The maximum Gasteiger partial charge on any atom is 0.312 e. The first kappa shape index (κ1) is 35.0. The number of aromatic hydroxyl groups is 1. The normalized spacial score (nSPS) is 20.8. The maximum atomic E-state index is 11.8. The van der Waals surface area contributed by atoms with Crippen LogP contribution in [0.2, 0.25) is 0 Å². The number of methoxy groups -OCH3 is 1. The lowest BCUT2D eigenvalue weighted by atomic mass is 9.79. The molecule has 1 saturated heterocycles. The minimum atomic E-state index is -0.763. The first-order valence-corrected chi connectivity index (χ1v) is 16.9. The van der Waals surface area contributed by atoms with Gasteiger partial charge in [0.05, 0.1) is 12.0 Å². The van der Waals surface area contributed by atoms with Crippen molar-refractivity contribution in [1.29, 1.82) is 0 Å². The predicted molar refractivity (Wildman–Crippen MR) is 177 cm³/mol. The fraction of sp³-hybridized carbons (Fsp3) is 0.600. The van der Waals surface area contributed by atoms with E-state index in [4.69, 9.17) is 9.57 Å². The lowest BCUT2D eigenvalue weighted by molar-refractivity contribution is -0.156. The smallest absolute Gasteiger partial charge is 0.312 e. The van der Waals surface area contributed by atoms with E-state index >= 15 is 0 Å². The van der Waals surface area contributed by atoms with Gasteiger partial charge in [0.2, 0.25) is 0 Å². The monoisotopic (exact) mass is 612 g/mol. The lowest BCUT2D eigenvalue weighted by Gasteiger charge is -2.38. The summed E-state index contributed by atoms with van der Waals surface area (Å²) in [6.45, 7) is 15.3. The van der Waals surface area contributed by atoms with Crippen molar-refractivity contribution in [2.24, 2.45) is 16.0 Å². The van der Waals surface area contributed by atoms with Crippen LogP contribution >= 0.6 is 8.58 Å². The molecular weight excluding hydrogens is 559 g/mol. The topological polar surface area (TPSA) is 91.6 Å². The van der Waals surface area contributed by atoms with E-state index in [0.717, 1.165) is 54.6 Å². The Morgan fingerprint density at radius 1 is 1.07 bits per heavy atom. The van der Waals surface area contributed by atoms with Gasteiger partial charge in [-0.3, -0.25) is 9.69 Å². The molecule has 3 aliphatic rings. The Morgan fingerprint density at radius 3 is 2.21 bits per heavy atom. The van der Waals surface area contributed by atoms with Crippen molar-refractivity contribution in [2.75, 3.05) is 26.8 Å². The van der Waals surface area contributed by atoms with Gasteiger partial charge < -0.3 is 19.8 Å². The first-order chi connectivity index (χ1) is 20.5. The summed E-state index contributed by atoms with van der Waals surface area (Å²) in [6, 6.07) is 14.4. The molecule has 8 heteroatoms. The van der Waals surface area contributed by atoms with Gasteiger partial charge in [0.25, 0.3) is 0 Å². The molecule has 2 heterocycles. The Balaban J connectivity index is 0.000000657. The third-order valence-corrected chi connectivity index (χ3v) is 9.34. The molecule has 0 aromatic heterocycles. The van der Waals surface area contributed by atoms with Gasteiger partial charge in [0.15, 0.2) is 5.85 Å². The number of carboxylic acids is 1.